The molecule has 1 amide bonds. The van der Waals surface area contributed by atoms with Gasteiger partial charge >= 0.3 is 0 Å². The summed E-state index contributed by atoms with van der Waals surface area (Å²) in [6.07, 6.45) is 1.61. The number of nitrogens with zero attached hydrogens (tertiary/aromatic N) is 2. The van der Waals surface area contributed by atoms with Crippen LogP contribution in [0, 0.1) is 0 Å². The predicted octanol–water partition coefficient (Wildman–Crippen LogP) is 2.34. The Labute approximate surface area is 151 Å². The van der Waals surface area contributed by atoms with Crippen molar-refractivity contribution < 1.29 is 14.3 Å². The number of thiazole rings is 1. The Balaban J connectivity index is 1.44. The van der Waals surface area contributed by atoms with Crippen LogP contribution in [-0.2, 0) is 0 Å². The van der Waals surface area contributed by atoms with E-state index in [1.165, 1.54) is 11.3 Å². The number of benzene rings is 1. The number of anilines is 1. The van der Waals surface area contributed by atoms with Gasteiger partial charge in [0.2, 0.25) is 6.79 Å². The topological polar surface area (TPSA) is 75.7 Å². The molecule has 1 aromatic heterocycles. The molecule has 0 bridgehead atoms. The van der Waals surface area contributed by atoms with Gasteiger partial charge in [0.15, 0.2) is 16.6 Å². The minimum absolute atomic E-state index is 0.0277. The molecule has 0 spiro atoms. The molecule has 1 unspecified atom stereocenters. The van der Waals surface area contributed by atoms with Crippen molar-refractivity contribution in [2.75, 3.05) is 39.3 Å². The van der Waals surface area contributed by atoms with Gasteiger partial charge in [-0.1, -0.05) is 17.4 Å². The summed E-state index contributed by atoms with van der Waals surface area (Å²) in [5.41, 5.74) is 1.15. The SMILES string of the molecule is CC(NCCNc1ncc(C(=O)N(C)C)s1)c1ccc2c(c1)OCO2. The summed E-state index contributed by atoms with van der Waals surface area (Å²) < 4.78 is 10.7. The second-order valence-corrected chi connectivity index (χ2v) is 6.98. The average Bonchev–Trinajstić information content (AvgIpc) is 3.26. The molecule has 0 fully saturated rings. The number of nitrogens with one attached hydrogen (secondary N) is 2. The number of rotatable bonds is 7. The molecular formula is C17H22N4O3S. The molecule has 0 saturated heterocycles. The van der Waals surface area contributed by atoms with Gasteiger partial charge in [0.25, 0.3) is 5.91 Å². The molecule has 2 aromatic rings. The number of amides is 1. The number of aromatic nitrogens is 1. The van der Waals surface area contributed by atoms with E-state index < -0.39 is 0 Å². The van der Waals surface area contributed by atoms with Gasteiger partial charge in [-0.05, 0) is 24.6 Å². The standard InChI is InChI=1S/C17H22N4O3S/c1-11(12-4-5-13-14(8-12)24-10-23-13)18-6-7-19-17-20-9-15(25-17)16(22)21(2)3/h4-5,8-9,11,18H,6-7,10H2,1-3H3,(H,19,20). The van der Waals surface area contributed by atoms with Crippen LogP contribution in [-0.4, -0.2) is 49.8 Å². The lowest BCUT2D eigenvalue weighted by atomic mass is 10.1. The third kappa shape index (κ3) is 4.21. The lowest BCUT2D eigenvalue weighted by molar-refractivity contribution is 0.0832. The van der Waals surface area contributed by atoms with Crippen LogP contribution < -0.4 is 20.1 Å². The van der Waals surface area contributed by atoms with E-state index in [9.17, 15) is 4.79 Å². The average molecular weight is 362 g/mol. The van der Waals surface area contributed by atoms with Crippen LogP contribution in [0.25, 0.3) is 0 Å². The van der Waals surface area contributed by atoms with Gasteiger partial charge in [-0.25, -0.2) is 4.98 Å². The summed E-state index contributed by atoms with van der Waals surface area (Å²) in [5, 5.41) is 7.44. The fourth-order valence-electron chi connectivity index (χ4n) is 2.43. The minimum atomic E-state index is -0.0277. The van der Waals surface area contributed by atoms with Gasteiger partial charge in [-0.2, -0.15) is 0 Å². The summed E-state index contributed by atoms with van der Waals surface area (Å²) in [6, 6.07) is 6.18. The first-order chi connectivity index (χ1) is 12.0. The highest BCUT2D eigenvalue weighted by atomic mass is 32.1. The smallest absolute Gasteiger partial charge is 0.265 e. The summed E-state index contributed by atoms with van der Waals surface area (Å²) in [4.78, 5) is 18.3. The molecule has 0 radical (unpaired) electrons. The number of carbonyl (C=O) groups excluding carboxylic acids is 1. The molecule has 7 nitrogen and oxygen atoms in total. The Hall–Kier alpha value is -2.32. The Morgan fingerprint density at radius 2 is 2.12 bits per heavy atom. The Bertz CT molecular complexity index is 747. The molecular weight excluding hydrogens is 340 g/mol. The summed E-state index contributed by atoms with van der Waals surface area (Å²) >= 11 is 1.37. The zero-order chi connectivity index (χ0) is 17.8. The quantitative estimate of drug-likeness (QED) is 0.737. The largest absolute Gasteiger partial charge is 0.454 e. The number of hydrogen-bond acceptors (Lipinski definition) is 7. The molecule has 1 atom stereocenters. The van der Waals surface area contributed by atoms with E-state index >= 15 is 0 Å². The van der Waals surface area contributed by atoms with Gasteiger partial charge in [0.05, 0.1) is 6.20 Å². The zero-order valence-electron chi connectivity index (χ0n) is 14.5. The van der Waals surface area contributed by atoms with Gasteiger partial charge in [0, 0.05) is 33.2 Å². The first-order valence-electron chi connectivity index (χ1n) is 8.09. The van der Waals surface area contributed by atoms with E-state index in [-0.39, 0.29) is 18.7 Å². The Morgan fingerprint density at radius 3 is 2.92 bits per heavy atom. The van der Waals surface area contributed by atoms with E-state index in [1.54, 1.807) is 25.2 Å². The maximum absolute atomic E-state index is 11.9. The molecule has 0 aliphatic carbocycles. The Kier molecular flexibility index (Phi) is 5.40. The Morgan fingerprint density at radius 1 is 1.32 bits per heavy atom. The number of fused-ring (bicyclic) bond motifs is 1. The maximum Gasteiger partial charge on any atom is 0.265 e. The van der Waals surface area contributed by atoms with Crippen molar-refractivity contribution >= 4 is 22.4 Å². The van der Waals surface area contributed by atoms with E-state index in [2.05, 4.69) is 22.5 Å². The zero-order valence-corrected chi connectivity index (χ0v) is 15.4. The fourth-order valence-corrected chi connectivity index (χ4v) is 3.30. The summed E-state index contributed by atoms with van der Waals surface area (Å²) in [5.74, 6) is 1.56. The molecule has 1 aromatic carbocycles. The van der Waals surface area contributed by atoms with Crippen molar-refractivity contribution in [3.05, 3.63) is 34.8 Å². The van der Waals surface area contributed by atoms with Gasteiger partial charge in [-0.3, -0.25) is 4.79 Å². The molecule has 134 valence electrons. The number of carbonyl (C=O) groups is 1. The molecule has 2 N–H and O–H groups in total. The molecule has 1 aliphatic heterocycles. The lowest BCUT2D eigenvalue weighted by Gasteiger charge is -2.15. The van der Waals surface area contributed by atoms with Crippen LogP contribution in [0.2, 0.25) is 0 Å². The van der Waals surface area contributed by atoms with E-state index in [0.29, 0.717) is 4.88 Å². The maximum atomic E-state index is 11.9. The fraction of sp³-hybridized carbons (Fsp3) is 0.412. The highest BCUT2D eigenvalue weighted by molar-refractivity contribution is 7.17. The first kappa shape index (κ1) is 17.5. The van der Waals surface area contributed by atoms with Crippen molar-refractivity contribution in [3.63, 3.8) is 0 Å². The van der Waals surface area contributed by atoms with E-state index in [0.717, 1.165) is 35.3 Å². The van der Waals surface area contributed by atoms with Crippen molar-refractivity contribution in [2.45, 2.75) is 13.0 Å². The van der Waals surface area contributed by atoms with Crippen LogP contribution in [0.3, 0.4) is 0 Å². The van der Waals surface area contributed by atoms with E-state index in [4.69, 9.17) is 9.47 Å². The van der Waals surface area contributed by atoms with Crippen LogP contribution in [0.15, 0.2) is 24.4 Å². The summed E-state index contributed by atoms with van der Waals surface area (Å²) in [6.45, 7) is 3.88. The molecule has 8 heteroatoms. The van der Waals surface area contributed by atoms with Crippen LogP contribution >= 0.6 is 11.3 Å². The second-order valence-electron chi connectivity index (χ2n) is 5.94. The van der Waals surface area contributed by atoms with Crippen molar-refractivity contribution in [1.29, 1.82) is 0 Å². The minimum Gasteiger partial charge on any atom is -0.454 e. The summed E-state index contributed by atoms with van der Waals surface area (Å²) in [7, 11) is 3.47. The van der Waals surface area contributed by atoms with Crippen molar-refractivity contribution in [1.82, 2.24) is 15.2 Å². The lowest BCUT2D eigenvalue weighted by Crippen LogP contribution is -2.25. The van der Waals surface area contributed by atoms with Gasteiger partial charge < -0.3 is 25.0 Å². The highest BCUT2D eigenvalue weighted by Crippen LogP contribution is 2.34. The molecule has 1 aliphatic rings. The second kappa shape index (κ2) is 7.71. The van der Waals surface area contributed by atoms with Gasteiger partial charge in [-0.15, -0.1) is 0 Å². The molecule has 3 rings (SSSR count). The van der Waals surface area contributed by atoms with Crippen LogP contribution in [0.1, 0.15) is 28.2 Å². The number of hydrogen-bond donors (Lipinski definition) is 2. The third-order valence-corrected chi connectivity index (χ3v) is 4.81. The third-order valence-electron chi connectivity index (χ3n) is 3.87. The molecule has 2 heterocycles. The normalized spacial score (nSPS) is 13.6. The van der Waals surface area contributed by atoms with E-state index in [1.807, 2.05) is 18.2 Å². The highest BCUT2D eigenvalue weighted by Gasteiger charge is 2.15. The van der Waals surface area contributed by atoms with Crippen LogP contribution in [0.4, 0.5) is 5.13 Å². The van der Waals surface area contributed by atoms with Crippen molar-refractivity contribution in [2.24, 2.45) is 0 Å². The molecule has 0 saturated carbocycles. The first-order valence-corrected chi connectivity index (χ1v) is 8.90. The monoisotopic (exact) mass is 362 g/mol. The predicted molar refractivity (Wildman–Crippen MR) is 97.6 cm³/mol. The number of ether oxygens (including phenoxy) is 2. The van der Waals surface area contributed by atoms with Crippen molar-refractivity contribution in [3.8, 4) is 11.5 Å². The van der Waals surface area contributed by atoms with Gasteiger partial charge in [0.1, 0.15) is 4.88 Å². The molecule has 25 heavy (non-hydrogen) atoms. The van der Waals surface area contributed by atoms with Crippen LogP contribution in [0.5, 0.6) is 11.5 Å².